The number of hydrogen-bond acceptors (Lipinski definition) is 4. The fourth-order valence-electron chi connectivity index (χ4n) is 2.25. The number of hydrogen-bond donors (Lipinski definition) is 1. The summed E-state index contributed by atoms with van der Waals surface area (Å²) < 4.78 is 29.6. The Morgan fingerprint density at radius 3 is 2.61 bits per heavy atom. The molecule has 1 heterocycles. The molecule has 5 heteroatoms. The molecule has 1 aromatic carbocycles. The van der Waals surface area contributed by atoms with Crippen molar-refractivity contribution < 1.29 is 13.2 Å². The lowest BCUT2D eigenvalue weighted by Crippen LogP contribution is -2.22. The summed E-state index contributed by atoms with van der Waals surface area (Å²) in [6, 6.07) is 7.42. The molecule has 0 bridgehead atoms. The molecular weight excluding hydrogens is 250 g/mol. The van der Waals surface area contributed by atoms with E-state index in [-0.39, 0.29) is 17.6 Å². The van der Waals surface area contributed by atoms with Crippen LogP contribution in [0.15, 0.2) is 24.3 Å². The zero-order chi connectivity index (χ0) is 13.0. The molecule has 1 aliphatic heterocycles. The van der Waals surface area contributed by atoms with E-state index in [1.807, 2.05) is 24.3 Å². The van der Waals surface area contributed by atoms with Crippen molar-refractivity contribution in [3.63, 3.8) is 0 Å². The topological polar surface area (TPSA) is 69.4 Å². The maximum Gasteiger partial charge on any atom is 0.157 e. The first-order chi connectivity index (χ1) is 8.61. The molecule has 2 N–H and O–H groups in total. The lowest BCUT2D eigenvalue weighted by Gasteiger charge is -2.12. The minimum atomic E-state index is -3.13. The van der Waals surface area contributed by atoms with E-state index in [9.17, 15) is 8.42 Å². The van der Waals surface area contributed by atoms with Crippen LogP contribution >= 0.6 is 0 Å². The van der Waals surface area contributed by atoms with Gasteiger partial charge in [-0.2, -0.15) is 0 Å². The molecule has 4 nitrogen and oxygen atoms in total. The van der Waals surface area contributed by atoms with Gasteiger partial charge < -0.3 is 10.5 Å². The summed E-state index contributed by atoms with van der Waals surface area (Å²) in [5.41, 5.74) is 7.31. The van der Waals surface area contributed by atoms with E-state index in [4.69, 9.17) is 10.5 Å². The normalized spacial score (nSPS) is 20.2. The Morgan fingerprint density at radius 2 is 2.00 bits per heavy atom. The van der Waals surface area contributed by atoms with Crippen molar-refractivity contribution in [2.45, 2.75) is 31.2 Å². The monoisotopic (exact) mass is 269 g/mol. The summed E-state index contributed by atoms with van der Waals surface area (Å²) in [5, 5.41) is 0. The first-order valence-corrected chi connectivity index (χ1v) is 8.02. The third kappa shape index (κ3) is 3.54. The van der Waals surface area contributed by atoms with Gasteiger partial charge in [-0.05, 0) is 24.0 Å². The molecule has 18 heavy (non-hydrogen) atoms. The second-order valence-corrected chi connectivity index (χ2v) is 6.77. The molecule has 1 unspecified atom stereocenters. The smallest absolute Gasteiger partial charge is 0.157 e. The third-order valence-electron chi connectivity index (χ3n) is 3.18. The molecule has 0 amide bonds. The fraction of sp³-hybridized carbons (Fsp3) is 0.538. The van der Waals surface area contributed by atoms with E-state index < -0.39 is 9.84 Å². The van der Waals surface area contributed by atoms with Crippen LogP contribution in [-0.4, -0.2) is 26.9 Å². The van der Waals surface area contributed by atoms with Crippen LogP contribution in [0.4, 0.5) is 0 Å². The van der Waals surface area contributed by atoms with Gasteiger partial charge in [0.15, 0.2) is 9.84 Å². The van der Waals surface area contributed by atoms with E-state index in [1.165, 1.54) is 0 Å². The maximum atomic E-state index is 12.1. The van der Waals surface area contributed by atoms with Crippen LogP contribution in [0.2, 0.25) is 0 Å². The molecule has 100 valence electrons. The molecule has 2 rings (SSSR count). The molecule has 0 radical (unpaired) electrons. The first-order valence-electron chi connectivity index (χ1n) is 6.19. The van der Waals surface area contributed by atoms with Gasteiger partial charge in [-0.3, -0.25) is 0 Å². The average Bonchev–Trinajstić information content (AvgIpc) is 2.81. The SMILES string of the molecule is NCc1ccccc1CS(=O)(=O)CC1CCCO1. The van der Waals surface area contributed by atoms with Gasteiger partial charge >= 0.3 is 0 Å². The van der Waals surface area contributed by atoms with Crippen molar-refractivity contribution in [2.75, 3.05) is 12.4 Å². The van der Waals surface area contributed by atoms with Crippen LogP contribution in [0.25, 0.3) is 0 Å². The predicted octanol–water partition coefficient (Wildman–Crippen LogP) is 1.24. The minimum Gasteiger partial charge on any atom is -0.377 e. The zero-order valence-electron chi connectivity index (χ0n) is 10.3. The highest BCUT2D eigenvalue weighted by Crippen LogP contribution is 2.18. The number of sulfone groups is 1. The number of rotatable bonds is 5. The van der Waals surface area contributed by atoms with Crippen molar-refractivity contribution in [1.29, 1.82) is 0 Å². The van der Waals surface area contributed by atoms with Crippen molar-refractivity contribution in [3.8, 4) is 0 Å². The maximum absolute atomic E-state index is 12.1. The van der Waals surface area contributed by atoms with Gasteiger partial charge in [0.25, 0.3) is 0 Å². The van der Waals surface area contributed by atoms with Gasteiger partial charge in [0.1, 0.15) is 0 Å². The molecule has 0 aliphatic carbocycles. The van der Waals surface area contributed by atoms with Gasteiger partial charge in [-0.25, -0.2) is 8.42 Å². The van der Waals surface area contributed by atoms with Gasteiger partial charge in [0.2, 0.25) is 0 Å². The summed E-state index contributed by atoms with van der Waals surface area (Å²) in [4.78, 5) is 0. The largest absolute Gasteiger partial charge is 0.377 e. The summed E-state index contributed by atoms with van der Waals surface area (Å²) in [5.74, 6) is 0.173. The molecule has 1 saturated heterocycles. The third-order valence-corrected chi connectivity index (χ3v) is 4.81. The number of nitrogens with two attached hydrogens (primary N) is 1. The zero-order valence-corrected chi connectivity index (χ0v) is 11.2. The quantitative estimate of drug-likeness (QED) is 0.873. The number of ether oxygens (including phenoxy) is 1. The van der Waals surface area contributed by atoms with Crippen LogP contribution < -0.4 is 5.73 Å². The van der Waals surface area contributed by atoms with Crippen molar-refractivity contribution in [1.82, 2.24) is 0 Å². The summed E-state index contributed by atoms with van der Waals surface area (Å²) in [6.45, 7) is 1.05. The van der Waals surface area contributed by atoms with Crippen LogP contribution in [0, 0.1) is 0 Å². The summed E-state index contributed by atoms with van der Waals surface area (Å²) in [7, 11) is -3.13. The average molecular weight is 269 g/mol. The van der Waals surface area contributed by atoms with Crippen LogP contribution in [0.1, 0.15) is 24.0 Å². The highest BCUT2D eigenvalue weighted by Gasteiger charge is 2.24. The lowest BCUT2D eigenvalue weighted by atomic mass is 10.1. The Balaban J connectivity index is 2.06. The Morgan fingerprint density at radius 1 is 1.28 bits per heavy atom. The molecule has 0 saturated carbocycles. The molecule has 0 spiro atoms. The van der Waals surface area contributed by atoms with Gasteiger partial charge in [0.05, 0.1) is 17.6 Å². The van der Waals surface area contributed by atoms with E-state index in [1.54, 1.807) is 0 Å². The standard InChI is InChI=1S/C13H19NO3S/c14-8-11-4-1-2-5-12(11)9-18(15,16)10-13-6-3-7-17-13/h1-2,4-5,13H,3,6-10,14H2. The van der Waals surface area contributed by atoms with Crippen molar-refractivity contribution >= 4 is 9.84 Å². The first kappa shape index (κ1) is 13.5. The van der Waals surface area contributed by atoms with Gasteiger partial charge in [-0.1, -0.05) is 24.3 Å². The number of benzene rings is 1. The minimum absolute atomic E-state index is 0.0558. The lowest BCUT2D eigenvalue weighted by molar-refractivity contribution is 0.127. The van der Waals surface area contributed by atoms with Gasteiger partial charge in [0, 0.05) is 13.2 Å². The Bertz CT molecular complexity index is 493. The van der Waals surface area contributed by atoms with Crippen LogP contribution in [0.5, 0.6) is 0 Å². The predicted molar refractivity (Wildman–Crippen MR) is 70.8 cm³/mol. The van der Waals surface area contributed by atoms with Crippen LogP contribution in [-0.2, 0) is 26.9 Å². The molecule has 0 aromatic heterocycles. The van der Waals surface area contributed by atoms with E-state index >= 15 is 0 Å². The van der Waals surface area contributed by atoms with E-state index in [0.29, 0.717) is 13.2 Å². The Kier molecular flexibility index (Phi) is 4.37. The van der Waals surface area contributed by atoms with Crippen molar-refractivity contribution in [2.24, 2.45) is 5.73 Å². The Hall–Kier alpha value is -0.910. The molecule has 1 atom stereocenters. The summed E-state index contributed by atoms with van der Waals surface area (Å²) in [6.07, 6.45) is 1.68. The molecular formula is C13H19NO3S. The van der Waals surface area contributed by atoms with E-state index in [2.05, 4.69) is 0 Å². The highest BCUT2D eigenvalue weighted by molar-refractivity contribution is 7.90. The molecule has 1 aliphatic rings. The van der Waals surface area contributed by atoms with E-state index in [0.717, 1.165) is 24.0 Å². The Labute approximate surface area is 108 Å². The highest BCUT2D eigenvalue weighted by atomic mass is 32.2. The molecule has 1 aromatic rings. The van der Waals surface area contributed by atoms with Gasteiger partial charge in [-0.15, -0.1) is 0 Å². The second kappa shape index (κ2) is 5.82. The fourth-order valence-corrected chi connectivity index (χ4v) is 3.95. The van der Waals surface area contributed by atoms with Crippen LogP contribution in [0.3, 0.4) is 0 Å². The molecule has 1 fully saturated rings. The van der Waals surface area contributed by atoms with Crippen molar-refractivity contribution in [3.05, 3.63) is 35.4 Å². The summed E-state index contributed by atoms with van der Waals surface area (Å²) >= 11 is 0. The second-order valence-electron chi connectivity index (χ2n) is 4.66.